The number of halogens is 1. The van der Waals surface area contributed by atoms with E-state index in [9.17, 15) is 4.39 Å². The number of benzene rings is 1. The van der Waals surface area contributed by atoms with E-state index in [4.69, 9.17) is 5.73 Å². The molecule has 1 aliphatic heterocycles. The minimum Gasteiger partial charge on any atom is -0.368 e. The zero-order valence-corrected chi connectivity index (χ0v) is 9.20. The van der Waals surface area contributed by atoms with Gasteiger partial charge in [-0.25, -0.2) is 4.39 Å². The summed E-state index contributed by atoms with van der Waals surface area (Å²) in [4.78, 5) is 2.28. The van der Waals surface area contributed by atoms with Gasteiger partial charge in [0.1, 0.15) is 5.82 Å². The van der Waals surface area contributed by atoms with Crippen LogP contribution in [0.2, 0.25) is 0 Å². The topological polar surface area (TPSA) is 29.3 Å². The molecular weight excluding hydrogens is 191 g/mol. The van der Waals surface area contributed by atoms with E-state index >= 15 is 0 Å². The second-order valence-electron chi connectivity index (χ2n) is 4.38. The Bertz CT molecular complexity index is 363. The predicted molar refractivity (Wildman–Crippen MR) is 60.7 cm³/mol. The fourth-order valence-electron chi connectivity index (χ4n) is 2.24. The molecular formula is C12H17FN2. The molecule has 1 heterocycles. The van der Waals surface area contributed by atoms with Gasteiger partial charge in [-0.15, -0.1) is 0 Å². The van der Waals surface area contributed by atoms with E-state index in [2.05, 4.69) is 18.7 Å². The lowest BCUT2D eigenvalue weighted by molar-refractivity contribution is 0.621. The van der Waals surface area contributed by atoms with Gasteiger partial charge >= 0.3 is 0 Å². The molecule has 0 spiro atoms. The van der Waals surface area contributed by atoms with Crippen LogP contribution in [0.5, 0.6) is 0 Å². The second kappa shape index (κ2) is 3.81. The molecule has 1 aliphatic rings. The van der Waals surface area contributed by atoms with Crippen LogP contribution < -0.4 is 10.6 Å². The van der Waals surface area contributed by atoms with E-state index in [1.165, 1.54) is 6.07 Å². The van der Waals surface area contributed by atoms with Crippen LogP contribution in [0, 0.1) is 5.82 Å². The first-order valence-corrected chi connectivity index (χ1v) is 5.39. The van der Waals surface area contributed by atoms with Crippen LogP contribution in [0.25, 0.3) is 0 Å². The molecule has 0 radical (unpaired) electrons. The number of anilines is 1. The lowest BCUT2D eigenvalue weighted by Gasteiger charge is -2.24. The van der Waals surface area contributed by atoms with E-state index in [0.717, 1.165) is 17.8 Å². The van der Waals surface area contributed by atoms with Crippen LogP contribution >= 0.6 is 0 Å². The van der Waals surface area contributed by atoms with Crippen molar-refractivity contribution >= 4 is 5.69 Å². The molecule has 1 unspecified atom stereocenters. The molecule has 0 saturated carbocycles. The van der Waals surface area contributed by atoms with Crippen LogP contribution in [-0.4, -0.2) is 19.1 Å². The van der Waals surface area contributed by atoms with Crippen LogP contribution in [-0.2, 0) is 0 Å². The third-order valence-electron chi connectivity index (χ3n) is 3.06. The number of hydrogen-bond donors (Lipinski definition) is 1. The summed E-state index contributed by atoms with van der Waals surface area (Å²) in [6.45, 7) is 5.78. The molecule has 3 heteroatoms. The molecule has 2 nitrogen and oxygen atoms in total. The smallest absolute Gasteiger partial charge is 0.123 e. The number of rotatable bonds is 2. The minimum absolute atomic E-state index is 0.169. The lowest BCUT2D eigenvalue weighted by atomic mass is 10.0. The molecule has 0 saturated heterocycles. The Morgan fingerprint density at radius 3 is 2.87 bits per heavy atom. The van der Waals surface area contributed by atoms with Gasteiger partial charge in [-0.1, -0.05) is 0 Å². The summed E-state index contributed by atoms with van der Waals surface area (Å²) >= 11 is 0. The number of fused-ring (bicyclic) bond motifs is 1. The van der Waals surface area contributed by atoms with Crippen molar-refractivity contribution in [2.24, 2.45) is 5.73 Å². The first-order chi connectivity index (χ1) is 7.13. The first-order valence-electron chi connectivity index (χ1n) is 5.39. The Hall–Kier alpha value is -1.09. The highest BCUT2D eigenvalue weighted by molar-refractivity contribution is 5.61. The second-order valence-corrected chi connectivity index (χ2v) is 4.38. The van der Waals surface area contributed by atoms with E-state index in [-0.39, 0.29) is 11.7 Å². The first kappa shape index (κ1) is 10.4. The molecule has 2 N–H and O–H groups in total. The van der Waals surface area contributed by atoms with Crippen LogP contribution in [0.3, 0.4) is 0 Å². The van der Waals surface area contributed by atoms with Gasteiger partial charge in [0, 0.05) is 30.7 Å². The molecule has 1 aromatic rings. The average Bonchev–Trinajstić information content (AvgIpc) is 2.55. The summed E-state index contributed by atoms with van der Waals surface area (Å²) < 4.78 is 13.1. The molecule has 0 aromatic heterocycles. The van der Waals surface area contributed by atoms with Gasteiger partial charge < -0.3 is 10.6 Å². The van der Waals surface area contributed by atoms with E-state index in [0.29, 0.717) is 12.6 Å². The number of nitrogens with zero attached hydrogens (tertiary/aromatic N) is 1. The van der Waals surface area contributed by atoms with Gasteiger partial charge in [0.15, 0.2) is 0 Å². The summed E-state index contributed by atoms with van der Waals surface area (Å²) in [5.74, 6) is 0.107. The van der Waals surface area contributed by atoms with Crippen molar-refractivity contribution < 1.29 is 4.39 Å². The predicted octanol–water partition coefficient (Wildman–Crippen LogP) is 2.10. The highest BCUT2D eigenvalue weighted by Gasteiger charge is 2.29. The fourth-order valence-corrected chi connectivity index (χ4v) is 2.24. The zero-order chi connectivity index (χ0) is 11.0. The third kappa shape index (κ3) is 1.72. The number of nitrogens with two attached hydrogens (primary N) is 1. The third-order valence-corrected chi connectivity index (χ3v) is 3.06. The van der Waals surface area contributed by atoms with Crippen LogP contribution in [0.15, 0.2) is 18.2 Å². The molecule has 0 bridgehead atoms. The normalized spacial score (nSPS) is 19.8. The maximum Gasteiger partial charge on any atom is 0.123 e. The van der Waals surface area contributed by atoms with Crippen LogP contribution in [0.4, 0.5) is 10.1 Å². The van der Waals surface area contributed by atoms with Crippen LogP contribution in [0.1, 0.15) is 25.3 Å². The van der Waals surface area contributed by atoms with Crippen molar-refractivity contribution in [3.63, 3.8) is 0 Å². The Morgan fingerprint density at radius 2 is 2.27 bits per heavy atom. The summed E-state index contributed by atoms with van der Waals surface area (Å²) in [6, 6.07) is 5.44. The fraction of sp³-hybridized carbons (Fsp3) is 0.500. The van der Waals surface area contributed by atoms with E-state index in [1.54, 1.807) is 6.07 Å². The molecule has 1 aromatic carbocycles. The molecule has 1 atom stereocenters. The highest BCUT2D eigenvalue weighted by Crippen LogP contribution is 2.37. The SMILES string of the molecule is CC(C)N1CC(CN)c2cc(F)ccc21. The van der Waals surface area contributed by atoms with Crippen molar-refractivity contribution in [3.8, 4) is 0 Å². The van der Waals surface area contributed by atoms with Crippen molar-refractivity contribution in [3.05, 3.63) is 29.6 Å². The Kier molecular flexibility index (Phi) is 2.65. The summed E-state index contributed by atoms with van der Waals surface area (Å²) in [5.41, 5.74) is 7.91. The zero-order valence-electron chi connectivity index (χ0n) is 9.20. The monoisotopic (exact) mass is 208 g/mol. The molecule has 0 fully saturated rings. The van der Waals surface area contributed by atoms with Crippen molar-refractivity contribution in [2.75, 3.05) is 18.0 Å². The van der Waals surface area contributed by atoms with Gasteiger partial charge in [0.25, 0.3) is 0 Å². The number of hydrogen-bond acceptors (Lipinski definition) is 2. The Morgan fingerprint density at radius 1 is 1.53 bits per heavy atom. The van der Waals surface area contributed by atoms with Crippen molar-refractivity contribution in [2.45, 2.75) is 25.8 Å². The van der Waals surface area contributed by atoms with Gasteiger partial charge in [-0.2, -0.15) is 0 Å². The summed E-state index contributed by atoms with van der Waals surface area (Å²) in [6.07, 6.45) is 0. The quantitative estimate of drug-likeness (QED) is 0.806. The van der Waals surface area contributed by atoms with E-state index in [1.807, 2.05) is 6.07 Å². The molecule has 2 rings (SSSR count). The maximum absolute atomic E-state index is 13.1. The average molecular weight is 208 g/mol. The highest BCUT2D eigenvalue weighted by atomic mass is 19.1. The van der Waals surface area contributed by atoms with Gasteiger partial charge in [-0.05, 0) is 37.6 Å². The summed E-state index contributed by atoms with van der Waals surface area (Å²) in [7, 11) is 0. The van der Waals surface area contributed by atoms with E-state index < -0.39 is 0 Å². The largest absolute Gasteiger partial charge is 0.368 e. The molecule has 82 valence electrons. The Labute approximate surface area is 89.9 Å². The molecule has 0 amide bonds. The van der Waals surface area contributed by atoms with Gasteiger partial charge in [0.05, 0.1) is 0 Å². The minimum atomic E-state index is -0.169. The molecule has 15 heavy (non-hydrogen) atoms. The Balaban J connectivity index is 2.43. The lowest BCUT2D eigenvalue weighted by Crippen LogP contribution is -2.30. The maximum atomic E-state index is 13.1. The molecule has 0 aliphatic carbocycles. The van der Waals surface area contributed by atoms with Gasteiger partial charge in [0.2, 0.25) is 0 Å². The standard InChI is InChI=1S/C12H17FN2/c1-8(2)15-7-9(6-14)11-5-10(13)3-4-12(11)15/h3-5,8-9H,6-7,14H2,1-2H3. The summed E-state index contributed by atoms with van der Waals surface area (Å²) in [5, 5.41) is 0. The van der Waals surface area contributed by atoms with Crippen molar-refractivity contribution in [1.29, 1.82) is 0 Å². The van der Waals surface area contributed by atoms with Crippen molar-refractivity contribution in [1.82, 2.24) is 0 Å². The van der Waals surface area contributed by atoms with Gasteiger partial charge in [-0.3, -0.25) is 0 Å².